The Labute approximate surface area is 112 Å². The van der Waals surface area contributed by atoms with Crippen molar-refractivity contribution in [1.82, 2.24) is 10.2 Å². The van der Waals surface area contributed by atoms with Gasteiger partial charge in [0.15, 0.2) is 5.78 Å². The zero-order valence-corrected chi connectivity index (χ0v) is 11.1. The zero-order valence-electron chi connectivity index (χ0n) is 11.1. The van der Waals surface area contributed by atoms with Gasteiger partial charge in [-0.05, 0) is 31.6 Å². The van der Waals surface area contributed by atoms with Crippen LogP contribution < -0.4 is 10.1 Å². The Kier molecular flexibility index (Phi) is 4.87. The van der Waals surface area contributed by atoms with Crippen LogP contribution in [0.25, 0.3) is 0 Å². The van der Waals surface area contributed by atoms with Gasteiger partial charge >= 0.3 is 0 Å². The van der Waals surface area contributed by atoms with E-state index in [1.54, 1.807) is 6.07 Å². The smallest absolute Gasteiger partial charge is 0.179 e. The van der Waals surface area contributed by atoms with Gasteiger partial charge in [0.25, 0.3) is 0 Å². The molecule has 0 spiro atoms. The second-order valence-corrected chi connectivity index (χ2v) is 4.65. The molecule has 0 bridgehead atoms. The molecule has 4 nitrogen and oxygen atoms in total. The van der Waals surface area contributed by atoms with Gasteiger partial charge in [0.2, 0.25) is 0 Å². The van der Waals surface area contributed by atoms with Crippen molar-refractivity contribution in [1.29, 1.82) is 0 Å². The fraction of sp³-hybridized carbons (Fsp3) is 0.500. The highest BCUT2D eigenvalue weighted by molar-refractivity contribution is 5.98. The summed E-state index contributed by atoms with van der Waals surface area (Å²) in [7, 11) is 1.47. The molecule has 0 radical (unpaired) electrons. The second-order valence-electron chi connectivity index (χ2n) is 4.65. The highest BCUT2D eigenvalue weighted by Crippen LogP contribution is 2.17. The average Bonchev–Trinajstić information content (AvgIpc) is 2.67. The summed E-state index contributed by atoms with van der Waals surface area (Å²) in [4.78, 5) is 14.2. The van der Waals surface area contributed by atoms with E-state index in [9.17, 15) is 9.18 Å². The number of nitrogens with one attached hydrogen (secondary N) is 1. The normalized spacial score (nSPS) is 16.9. The van der Waals surface area contributed by atoms with Crippen LogP contribution in [-0.4, -0.2) is 50.5 Å². The van der Waals surface area contributed by atoms with Crippen LogP contribution in [0.2, 0.25) is 0 Å². The lowest BCUT2D eigenvalue weighted by Gasteiger charge is -2.18. The van der Waals surface area contributed by atoms with E-state index >= 15 is 0 Å². The van der Waals surface area contributed by atoms with Gasteiger partial charge in [-0.3, -0.25) is 9.69 Å². The first-order valence-electron chi connectivity index (χ1n) is 6.50. The fourth-order valence-corrected chi connectivity index (χ4v) is 2.20. The molecule has 1 fully saturated rings. The molecule has 2 rings (SSSR count). The molecule has 1 N–H and O–H groups in total. The van der Waals surface area contributed by atoms with Crippen LogP contribution in [0.4, 0.5) is 4.39 Å². The first kappa shape index (κ1) is 14.0. The summed E-state index contributed by atoms with van der Waals surface area (Å²) in [5.74, 6) is -0.271. The van der Waals surface area contributed by atoms with Crippen LogP contribution in [0.1, 0.15) is 16.8 Å². The van der Waals surface area contributed by atoms with E-state index in [1.807, 2.05) is 0 Å². The number of benzene rings is 1. The molecule has 0 aliphatic carbocycles. The summed E-state index contributed by atoms with van der Waals surface area (Å²) in [6.07, 6.45) is 1.01. The summed E-state index contributed by atoms with van der Waals surface area (Å²) < 4.78 is 18.7. The monoisotopic (exact) mass is 266 g/mol. The van der Waals surface area contributed by atoms with E-state index in [4.69, 9.17) is 4.74 Å². The maximum absolute atomic E-state index is 13.8. The topological polar surface area (TPSA) is 41.6 Å². The third-order valence-electron chi connectivity index (χ3n) is 3.28. The lowest BCUT2D eigenvalue weighted by atomic mass is 10.1. The van der Waals surface area contributed by atoms with E-state index in [0.29, 0.717) is 5.75 Å². The summed E-state index contributed by atoms with van der Waals surface area (Å²) in [6.45, 7) is 3.81. The van der Waals surface area contributed by atoms with Gasteiger partial charge in [-0.25, -0.2) is 4.39 Å². The summed E-state index contributed by atoms with van der Waals surface area (Å²) in [6, 6.07) is 4.35. The highest BCUT2D eigenvalue weighted by atomic mass is 19.1. The van der Waals surface area contributed by atoms with Crippen molar-refractivity contribution in [2.75, 3.05) is 39.8 Å². The van der Waals surface area contributed by atoms with Gasteiger partial charge in [0, 0.05) is 19.2 Å². The number of halogens is 1. The van der Waals surface area contributed by atoms with Gasteiger partial charge in [-0.15, -0.1) is 0 Å². The van der Waals surface area contributed by atoms with E-state index in [-0.39, 0.29) is 17.9 Å². The Bertz CT molecular complexity index is 443. The number of carbonyl (C=O) groups excluding carboxylic acids is 1. The number of hydrogen-bond donors (Lipinski definition) is 1. The number of Topliss-reactive ketones (excluding diaryl/α,β-unsaturated/α-hetero) is 1. The van der Waals surface area contributed by atoms with Crippen LogP contribution in [0.5, 0.6) is 5.75 Å². The third kappa shape index (κ3) is 3.75. The molecule has 0 aromatic heterocycles. The first-order chi connectivity index (χ1) is 9.20. The molecule has 0 amide bonds. The maximum Gasteiger partial charge on any atom is 0.179 e. The first-order valence-corrected chi connectivity index (χ1v) is 6.50. The Hall–Kier alpha value is -1.46. The molecule has 1 aromatic carbocycles. The highest BCUT2D eigenvalue weighted by Gasteiger charge is 2.17. The van der Waals surface area contributed by atoms with Crippen molar-refractivity contribution in [3.8, 4) is 5.75 Å². The number of rotatable bonds is 4. The van der Waals surface area contributed by atoms with Gasteiger partial charge in [-0.2, -0.15) is 0 Å². The van der Waals surface area contributed by atoms with Gasteiger partial charge in [0.05, 0.1) is 19.2 Å². The molecule has 0 saturated carbocycles. The molecule has 0 atom stereocenters. The molecule has 5 heteroatoms. The standard InChI is InChI=1S/C14H19FN2O2/c1-19-11-3-4-12(13(15)9-11)14(18)10-17-7-2-5-16-6-8-17/h3-4,9,16H,2,5-8,10H2,1H3. The van der Waals surface area contributed by atoms with Crippen molar-refractivity contribution in [3.63, 3.8) is 0 Å². The maximum atomic E-state index is 13.8. The molecule has 19 heavy (non-hydrogen) atoms. The Morgan fingerprint density at radius 3 is 3.00 bits per heavy atom. The SMILES string of the molecule is COc1ccc(C(=O)CN2CCCNCC2)c(F)c1. The van der Waals surface area contributed by atoms with Crippen molar-refractivity contribution in [2.45, 2.75) is 6.42 Å². The van der Waals surface area contributed by atoms with Crippen LogP contribution in [0, 0.1) is 5.82 Å². The second kappa shape index (κ2) is 6.63. The predicted molar refractivity (Wildman–Crippen MR) is 71.2 cm³/mol. The Morgan fingerprint density at radius 1 is 1.42 bits per heavy atom. The average molecular weight is 266 g/mol. The lowest BCUT2D eigenvalue weighted by Crippen LogP contribution is -2.33. The molecular weight excluding hydrogens is 247 g/mol. The Balaban J connectivity index is 2.02. The summed E-state index contributed by atoms with van der Waals surface area (Å²) in [5.41, 5.74) is 0.137. The fourth-order valence-electron chi connectivity index (χ4n) is 2.20. The molecule has 1 heterocycles. The molecular formula is C14H19FN2O2. The molecule has 1 aromatic rings. The Morgan fingerprint density at radius 2 is 2.26 bits per heavy atom. The number of nitrogens with zero attached hydrogens (tertiary/aromatic N) is 1. The zero-order chi connectivity index (χ0) is 13.7. The van der Waals surface area contributed by atoms with Crippen LogP contribution in [-0.2, 0) is 0 Å². The van der Waals surface area contributed by atoms with Crippen LogP contribution in [0.3, 0.4) is 0 Å². The van der Waals surface area contributed by atoms with E-state index in [0.717, 1.165) is 32.6 Å². The third-order valence-corrected chi connectivity index (χ3v) is 3.28. The van der Waals surface area contributed by atoms with E-state index < -0.39 is 5.82 Å². The lowest BCUT2D eigenvalue weighted by molar-refractivity contribution is 0.0931. The van der Waals surface area contributed by atoms with Gasteiger partial charge in [-0.1, -0.05) is 0 Å². The number of carbonyl (C=O) groups is 1. The number of ether oxygens (including phenoxy) is 1. The largest absolute Gasteiger partial charge is 0.497 e. The van der Waals surface area contributed by atoms with Crippen molar-refractivity contribution >= 4 is 5.78 Å². The minimum atomic E-state index is -0.516. The summed E-state index contributed by atoms with van der Waals surface area (Å²) >= 11 is 0. The van der Waals surface area contributed by atoms with E-state index in [1.165, 1.54) is 19.2 Å². The molecule has 104 valence electrons. The minimum Gasteiger partial charge on any atom is -0.497 e. The number of methoxy groups -OCH3 is 1. The van der Waals surface area contributed by atoms with Gasteiger partial charge in [0.1, 0.15) is 11.6 Å². The molecule has 1 aliphatic rings. The van der Waals surface area contributed by atoms with E-state index in [2.05, 4.69) is 10.2 Å². The van der Waals surface area contributed by atoms with Crippen molar-refractivity contribution < 1.29 is 13.9 Å². The number of ketones is 1. The molecule has 1 aliphatic heterocycles. The minimum absolute atomic E-state index is 0.137. The quantitative estimate of drug-likeness (QED) is 0.834. The molecule has 0 unspecified atom stereocenters. The number of hydrogen-bond acceptors (Lipinski definition) is 4. The molecule has 1 saturated heterocycles. The van der Waals surface area contributed by atoms with Gasteiger partial charge < -0.3 is 10.1 Å². The predicted octanol–water partition coefficient (Wildman–Crippen LogP) is 1.31. The van der Waals surface area contributed by atoms with Crippen LogP contribution in [0.15, 0.2) is 18.2 Å². The van der Waals surface area contributed by atoms with Crippen molar-refractivity contribution in [2.24, 2.45) is 0 Å². The van der Waals surface area contributed by atoms with Crippen LogP contribution >= 0.6 is 0 Å². The van der Waals surface area contributed by atoms with Crippen molar-refractivity contribution in [3.05, 3.63) is 29.6 Å². The summed E-state index contributed by atoms with van der Waals surface area (Å²) in [5, 5.41) is 3.27.